The van der Waals surface area contributed by atoms with E-state index >= 15 is 0 Å². The number of benzene rings is 3. The van der Waals surface area contributed by atoms with E-state index in [4.69, 9.17) is 0 Å². The Balaban J connectivity index is 0.933. The summed E-state index contributed by atoms with van der Waals surface area (Å²) in [5, 5.41) is 45.5. The number of hydrogen-bond acceptors (Lipinski definition) is 12. The fraction of sp³-hybridized carbons (Fsp3) is 0.378. The maximum absolute atomic E-state index is 14.2. The Labute approximate surface area is 353 Å². The molecule has 4 heterocycles. The Kier molecular flexibility index (Phi) is 12.9. The van der Waals surface area contributed by atoms with Gasteiger partial charge in [-0.05, 0) is 59.4 Å². The molecule has 1 unspecified atom stereocenters. The Hall–Kier alpha value is -5.74. The summed E-state index contributed by atoms with van der Waals surface area (Å²) in [6.07, 6.45) is 0.821. The molecule has 3 aromatic carbocycles. The fourth-order valence-corrected chi connectivity index (χ4v) is 8.67. The first-order valence-electron chi connectivity index (χ1n) is 20.2. The minimum Gasteiger partial charge on any atom is -0.507 e. The monoisotopic (exact) mass is 832 g/mol. The van der Waals surface area contributed by atoms with Gasteiger partial charge in [0.1, 0.15) is 17.8 Å². The maximum atomic E-state index is 14.2. The summed E-state index contributed by atoms with van der Waals surface area (Å²) in [5.74, 6) is -1.08. The van der Waals surface area contributed by atoms with E-state index in [1.54, 1.807) is 29.9 Å². The van der Waals surface area contributed by atoms with Gasteiger partial charge in [0.25, 0.3) is 0 Å². The van der Waals surface area contributed by atoms with Gasteiger partial charge in [0.15, 0.2) is 0 Å². The number of carbonyl (C=O) groups is 3. The number of aliphatic hydroxyl groups excluding tert-OH is 2. The Morgan fingerprint density at radius 2 is 1.62 bits per heavy atom. The standard InChI is InChI=1S/C45H52N8O6S/c1-28-41(60-27-46-28)31-11-9-30(10-12-31)37(26-54)48-43(58)38-22-34(55)24-53(38)44(59)42(45(2,3)4)49-40(57)25-51-17-19-52(20-18-51)33-15-13-29(14-16-33)32-21-36(50-47-23-32)35-7-5-6-8-39(35)56/h5-16,21,23,27,34,37-38,42,54-56H,17-20,22,24-26H2,1-4H3,(H,48,58)(H,49,57)/t34-,37+,38+,42?/m1/s1. The van der Waals surface area contributed by atoms with Gasteiger partial charge in [-0.1, -0.05) is 69.3 Å². The molecule has 314 valence electrons. The second-order valence-electron chi connectivity index (χ2n) is 16.6. The van der Waals surface area contributed by atoms with Gasteiger partial charge >= 0.3 is 0 Å². The smallest absolute Gasteiger partial charge is 0.246 e. The van der Waals surface area contributed by atoms with E-state index in [1.165, 1.54) is 16.2 Å². The van der Waals surface area contributed by atoms with Crippen LogP contribution < -0.4 is 15.5 Å². The minimum atomic E-state index is -0.979. The van der Waals surface area contributed by atoms with Crippen LogP contribution in [0.25, 0.3) is 32.8 Å². The van der Waals surface area contributed by atoms with E-state index in [-0.39, 0.29) is 37.8 Å². The number of rotatable bonds is 12. The number of likely N-dealkylation sites (tertiary alicyclic amines) is 1. The molecule has 60 heavy (non-hydrogen) atoms. The molecular weight excluding hydrogens is 781 g/mol. The van der Waals surface area contributed by atoms with Gasteiger partial charge < -0.3 is 35.8 Å². The van der Waals surface area contributed by atoms with Crippen LogP contribution >= 0.6 is 11.3 Å². The van der Waals surface area contributed by atoms with Crippen LogP contribution in [0.15, 0.2) is 90.6 Å². The highest BCUT2D eigenvalue weighted by atomic mass is 32.1. The molecule has 5 aromatic rings. The number of aromatic nitrogens is 3. The van der Waals surface area contributed by atoms with Crippen molar-refractivity contribution < 1.29 is 29.7 Å². The summed E-state index contributed by atoms with van der Waals surface area (Å²) in [7, 11) is 0. The molecule has 14 nitrogen and oxygen atoms in total. The van der Waals surface area contributed by atoms with Gasteiger partial charge in [-0.25, -0.2) is 4.98 Å². The number of amides is 3. The summed E-state index contributed by atoms with van der Waals surface area (Å²) < 4.78 is 0. The first kappa shape index (κ1) is 42.4. The predicted molar refractivity (Wildman–Crippen MR) is 231 cm³/mol. The number of β-amino-alcohol motifs (C(OH)–C–C–N with tert-alkyl or cyclic N) is 1. The molecule has 2 fully saturated rings. The number of anilines is 1. The van der Waals surface area contributed by atoms with Gasteiger partial charge in [-0.15, -0.1) is 11.3 Å². The highest BCUT2D eigenvalue weighted by molar-refractivity contribution is 7.13. The van der Waals surface area contributed by atoms with Crippen molar-refractivity contribution >= 4 is 34.7 Å². The maximum Gasteiger partial charge on any atom is 0.246 e. The van der Waals surface area contributed by atoms with Gasteiger partial charge in [0.2, 0.25) is 17.7 Å². The van der Waals surface area contributed by atoms with E-state index in [0.29, 0.717) is 43.0 Å². The quantitative estimate of drug-likeness (QED) is 0.120. The molecule has 0 aliphatic carbocycles. The molecule has 2 aliphatic rings. The van der Waals surface area contributed by atoms with E-state index in [1.807, 2.05) is 76.2 Å². The highest BCUT2D eigenvalue weighted by Gasteiger charge is 2.45. The van der Waals surface area contributed by atoms with Crippen molar-refractivity contribution in [1.82, 2.24) is 35.6 Å². The molecule has 3 amide bonds. The van der Waals surface area contributed by atoms with Crippen molar-refractivity contribution in [1.29, 1.82) is 0 Å². The fourth-order valence-electron chi connectivity index (χ4n) is 7.85. The van der Waals surface area contributed by atoms with Crippen molar-refractivity contribution in [2.24, 2.45) is 5.41 Å². The zero-order valence-electron chi connectivity index (χ0n) is 34.3. The third-order valence-electron chi connectivity index (χ3n) is 11.2. The van der Waals surface area contributed by atoms with E-state index in [2.05, 4.69) is 47.7 Å². The Morgan fingerprint density at radius 3 is 2.27 bits per heavy atom. The van der Waals surface area contributed by atoms with Crippen LogP contribution in [0.3, 0.4) is 0 Å². The van der Waals surface area contributed by atoms with Crippen molar-refractivity contribution in [3.63, 3.8) is 0 Å². The number of nitrogens with one attached hydrogen (secondary N) is 2. The molecule has 7 rings (SSSR count). The molecular formula is C45H52N8O6S. The average Bonchev–Trinajstić information content (AvgIpc) is 3.87. The third-order valence-corrected chi connectivity index (χ3v) is 12.2. The number of aryl methyl sites for hydroxylation is 1. The van der Waals surface area contributed by atoms with Crippen LogP contribution in [0.1, 0.15) is 44.5 Å². The molecule has 2 aromatic heterocycles. The van der Waals surface area contributed by atoms with E-state index in [9.17, 15) is 29.7 Å². The van der Waals surface area contributed by atoms with Crippen LogP contribution in [0.4, 0.5) is 5.69 Å². The lowest BCUT2D eigenvalue weighted by molar-refractivity contribution is -0.144. The molecule has 4 atom stereocenters. The number of carbonyl (C=O) groups excluding carboxylic acids is 3. The number of piperazine rings is 1. The van der Waals surface area contributed by atoms with Crippen molar-refractivity contribution in [3.05, 3.63) is 102 Å². The predicted octanol–water partition coefficient (Wildman–Crippen LogP) is 4.41. The van der Waals surface area contributed by atoms with Gasteiger partial charge in [-0.3, -0.25) is 19.3 Å². The number of aliphatic hydroxyl groups is 2. The number of hydrogen-bond donors (Lipinski definition) is 5. The molecule has 0 saturated carbocycles. The number of phenolic OH excluding ortho intramolecular Hbond substituents is 1. The SMILES string of the molecule is Cc1ncsc1-c1ccc([C@H](CO)NC(=O)[C@@H]2C[C@@H](O)CN2C(=O)C(NC(=O)CN2CCN(c3ccc(-c4cnnc(-c5ccccc5O)c4)cc3)CC2)C(C)(C)C)cc1. The highest BCUT2D eigenvalue weighted by Crippen LogP contribution is 2.32. The molecule has 2 aliphatic heterocycles. The molecule has 5 N–H and O–H groups in total. The summed E-state index contributed by atoms with van der Waals surface area (Å²) in [6, 6.07) is 22.0. The number of nitrogens with zero attached hydrogens (tertiary/aromatic N) is 6. The number of aromatic hydroxyl groups is 1. The molecule has 2 saturated heterocycles. The lowest BCUT2D eigenvalue weighted by atomic mass is 9.85. The van der Waals surface area contributed by atoms with Gasteiger partial charge in [0, 0.05) is 56.0 Å². The van der Waals surface area contributed by atoms with E-state index < -0.39 is 41.5 Å². The van der Waals surface area contributed by atoms with Gasteiger partial charge in [-0.2, -0.15) is 10.2 Å². The van der Waals surface area contributed by atoms with E-state index in [0.717, 1.165) is 32.9 Å². The first-order valence-corrected chi connectivity index (χ1v) is 21.1. The topological polar surface area (TPSA) is 184 Å². The number of phenols is 1. The molecule has 0 radical (unpaired) electrons. The van der Waals surface area contributed by atoms with Crippen LogP contribution in [-0.2, 0) is 14.4 Å². The summed E-state index contributed by atoms with van der Waals surface area (Å²) >= 11 is 1.54. The van der Waals surface area contributed by atoms with Crippen molar-refractivity contribution in [3.8, 4) is 38.6 Å². The van der Waals surface area contributed by atoms with Crippen LogP contribution in [0, 0.1) is 12.3 Å². The lowest BCUT2D eigenvalue weighted by Gasteiger charge is -2.38. The third kappa shape index (κ3) is 9.65. The lowest BCUT2D eigenvalue weighted by Crippen LogP contribution is -2.59. The average molecular weight is 833 g/mol. The second kappa shape index (κ2) is 18.3. The van der Waals surface area contributed by atoms with Gasteiger partial charge in [0.05, 0.1) is 53.3 Å². The normalized spacial score (nSPS) is 18.2. The van der Waals surface area contributed by atoms with Crippen LogP contribution in [-0.4, -0.2) is 122 Å². The molecule has 15 heteroatoms. The minimum absolute atomic E-state index is 0.0403. The zero-order valence-corrected chi connectivity index (χ0v) is 35.1. The summed E-state index contributed by atoms with van der Waals surface area (Å²) in [4.78, 5) is 52.6. The van der Waals surface area contributed by atoms with Crippen molar-refractivity contribution in [2.75, 3.05) is 50.8 Å². The van der Waals surface area contributed by atoms with Crippen LogP contribution in [0.2, 0.25) is 0 Å². The zero-order chi connectivity index (χ0) is 42.6. The number of thiazole rings is 1. The Morgan fingerprint density at radius 1 is 0.917 bits per heavy atom. The summed E-state index contributed by atoms with van der Waals surface area (Å²) in [6.45, 7) is 9.91. The summed E-state index contributed by atoms with van der Waals surface area (Å²) in [5.41, 5.74) is 7.81. The van der Waals surface area contributed by atoms with Crippen LogP contribution in [0.5, 0.6) is 5.75 Å². The number of para-hydroxylation sites is 1. The first-order chi connectivity index (χ1) is 28.8. The Bertz CT molecular complexity index is 2290. The molecule has 0 bridgehead atoms. The largest absolute Gasteiger partial charge is 0.507 e. The second-order valence-corrected chi connectivity index (χ2v) is 17.4. The molecule has 0 spiro atoms. The van der Waals surface area contributed by atoms with Crippen molar-refractivity contribution in [2.45, 2.75) is 58.3 Å².